The Labute approximate surface area is 145 Å². The molecule has 1 aromatic heterocycles. The molecule has 0 bridgehead atoms. The van der Waals surface area contributed by atoms with Gasteiger partial charge in [-0.05, 0) is 24.5 Å². The largest absolute Gasteiger partial charge is 0.351 e. The summed E-state index contributed by atoms with van der Waals surface area (Å²) in [5, 5.41) is 3.83. The van der Waals surface area contributed by atoms with Gasteiger partial charge in [-0.1, -0.05) is 55.0 Å². The summed E-state index contributed by atoms with van der Waals surface area (Å²) in [6.45, 7) is 0.594. The van der Waals surface area contributed by atoms with Gasteiger partial charge in [-0.25, -0.2) is 0 Å². The summed E-state index contributed by atoms with van der Waals surface area (Å²) >= 11 is 0. The molecule has 126 valence electrons. The third-order valence-electron chi connectivity index (χ3n) is 5.28. The fraction of sp³-hybridized carbons (Fsp3) is 0.238. The molecule has 3 aromatic rings. The van der Waals surface area contributed by atoms with Crippen LogP contribution in [-0.2, 0) is 5.41 Å². The molecule has 0 saturated heterocycles. The molecule has 2 aromatic carbocycles. The molecule has 1 aliphatic carbocycles. The predicted molar refractivity (Wildman–Crippen MR) is 98.9 cm³/mol. The summed E-state index contributed by atoms with van der Waals surface area (Å²) in [7, 11) is 0. The topological polar surface area (TPSA) is 62.0 Å². The van der Waals surface area contributed by atoms with E-state index in [1.165, 1.54) is 18.1 Å². The second kappa shape index (κ2) is 6.20. The lowest BCUT2D eigenvalue weighted by Gasteiger charge is -2.42. The van der Waals surface area contributed by atoms with E-state index in [2.05, 4.69) is 22.4 Å². The number of pyridine rings is 1. The highest BCUT2D eigenvalue weighted by Gasteiger charge is 2.38. The number of hydrogen-bond acceptors (Lipinski definition) is 2. The van der Waals surface area contributed by atoms with Crippen LogP contribution in [0.5, 0.6) is 0 Å². The van der Waals surface area contributed by atoms with E-state index in [1.54, 1.807) is 0 Å². The summed E-state index contributed by atoms with van der Waals surface area (Å²) in [6, 6.07) is 19.1. The van der Waals surface area contributed by atoms with Crippen LogP contribution < -0.4 is 10.9 Å². The Kier molecular flexibility index (Phi) is 3.88. The Bertz CT molecular complexity index is 972. The van der Waals surface area contributed by atoms with E-state index < -0.39 is 0 Å². The zero-order valence-corrected chi connectivity index (χ0v) is 13.9. The first-order chi connectivity index (χ1) is 12.2. The smallest absolute Gasteiger partial charge is 0.252 e. The summed E-state index contributed by atoms with van der Waals surface area (Å²) in [5.74, 6) is -0.190. The molecule has 2 N–H and O–H groups in total. The van der Waals surface area contributed by atoms with Crippen LogP contribution in [0.1, 0.15) is 35.2 Å². The molecule has 1 heterocycles. The molecule has 0 unspecified atom stereocenters. The van der Waals surface area contributed by atoms with E-state index in [-0.39, 0.29) is 16.9 Å². The van der Waals surface area contributed by atoms with Gasteiger partial charge in [0, 0.05) is 28.9 Å². The monoisotopic (exact) mass is 332 g/mol. The van der Waals surface area contributed by atoms with Crippen molar-refractivity contribution in [2.75, 3.05) is 6.54 Å². The third kappa shape index (κ3) is 2.84. The van der Waals surface area contributed by atoms with E-state index in [0.717, 1.165) is 18.2 Å². The Balaban J connectivity index is 1.60. The maximum atomic E-state index is 12.8. The average Bonchev–Trinajstić information content (AvgIpc) is 2.61. The lowest BCUT2D eigenvalue weighted by Crippen LogP contribution is -2.45. The van der Waals surface area contributed by atoms with Gasteiger partial charge in [-0.2, -0.15) is 0 Å². The van der Waals surface area contributed by atoms with Crippen molar-refractivity contribution < 1.29 is 4.79 Å². The number of benzene rings is 2. The molecule has 4 heteroatoms. The summed E-state index contributed by atoms with van der Waals surface area (Å²) in [6.07, 6.45) is 3.33. The first-order valence-corrected chi connectivity index (χ1v) is 8.64. The minimum Gasteiger partial charge on any atom is -0.351 e. The molecule has 1 fully saturated rings. The highest BCUT2D eigenvalue weighted by molar-refractivity contribution is 6.05. The highest BCUT2D eigenvalue weighted by atomic mass is 16.2. The lowest BCUT2D eigenvalue weighted by molar-refractivity contribution is 0.0929. The number of fused-ring (bicyclic) bond motifs is 1. The van der Waals surface area contributed by atoms with E-state index in [1.807, 2.05) is 42.5 Å². The highest BCUT2D eigenvalue weighted by Crippen LogP contribution is 2.43. The van der Waals surface area contributed by atoms with Crippen molar-refractivity contribution in [1.29, 1.82) is 0 Å². The summed E-state index contributed by atoms with van der Waals surface area (Å²) < 4.78 is 0. The van der Waals surface area contributed by atoms with Crippen LogP contribution in [-0.4, -0.2) is 17.4 Å². The molecule has 0 aliphatic heterocycles. The number of rotatable bonds is 4. The number of nitrogens with one attached hydrogen (secondary N) is 2. The number of amides is 1. The van der Waals surface area contributed by atoms with Crippen LogP contribution in [0.3, 0.4) is 0 Å². The van der Waals surface area contributed by atoms with E-state index in [0.29, 0.717) is 17.6 Å². The second-order valence-corrected chi connectivity index (χ2v) is 6.78. The molecule has 0 radical (unpaired) electrons. The first kappa shape index (κ1) is 15.6. The van der Waals surface area contributed by atoms with Crippen molar-refractivity contribution in [3.8, 4) is 0 Å². The SMILES string of the molecule is O=C(NCC1(c2ccccc2)CCC1)c1cc(=O)[nH]c2ccccc12. The molecule has 1 aliphatic rings. The second-order valence-electron chi connectivity index (χ2n) is 6.78. The zero-order chi connectivity index (χ0) is 17.3. The van der Waals surface area contributed by atoms with Gasteiger partial charge in [-0.15, -0.1) is 0 Å². The number of aromatic nitrogens is 1. The summed E-state index contributed by atoms with van der Waals surface area (Å²) in [4.78, 5) is 27.4. The minimum absolute atomic E-state index is 0.0217. The first-order valence-electron chi connectivity index (χ1n) is 8.64. The van der Waals surface area contributed by atoms with Crippen LogP contribution in [0.25, 0.3) is 10.9 Å². The van der Waals surface area contributed by atoms with Crippen LogP contribution in [0.15, 0.2) is 65.5 Å². The number of para-hydroxylation sites is 1. The minimum atomic E-state index is -0.259. The number of carbonyl (C=O) groups excluding carboxylic acids is 1. The lowest BCUT2D eigenvalue weighted by atomic mass is 9.64. The molecule has 4 nitrogen and oxygen atoms in total. The van der Waals surface area contributed by atoms with Crippen molar-refractivity contribution in [3.05, 3.63) is 82.1 Å². The Morgan fingerprint density at radius 3 is 2.48 bits per heavy atom. The maximum absolute atomic E-state index is 12.8. The van der Waals surface area contributed by atoms with Gasteiger partial charge in [0.25, 0.3) is 5.91 Å². The molecule has 4 rings (SSSR count). The molecular formula is C21H20N2O2. The van der Waals surface area contributed by atoms with Crippen molar-refractivity contribution in [1.82, 2.24) is 10.3 Å². The van der Waals surface area contributed by atoms with Crippen molar-refractivity contribution in [3.63, 3.8) is 0 Å². The molecule has 0 spiro atoms. The number of aromatic amines is 1. The quantitative estimate of drug-likeness (QED) is 0.769. The van der Waals surface area contributed by atoms with Gasteiger partial charge < -0.3 is 10.3 Å². The van der Waals surface area contributed by atoms with Crippen molar-refractivity contribution in [2.24, 2.45) is 0 Å². The fourth-order valence-corrected chi connectivity index (χ4v) is 3.70. The third-order valence-corrected chi connectivity index (χ3v) is 5.28. The number of carbonyl (C=O) groups is 1. The standard InChI is InChI=1S/C21H20N2O2/c24-19-13-17(16-9-4-5-10-18(16)23-19)20(25)22-14-21(11-6-12-21)15-7-2-1-3-8-15/h1-5,7-10,13H,6,11-12,14H2,(H,22,25)(H,23,24). The van der Waals surface area contributed by atoms with E-state index >= 15 is 0 Å². The van der Waals surface area contributed by atoms with Crippen LogP contribution >= 0.6 is 0 Å². The van der Waals surface area contributed by atoms with E-state index in [9.17, 15) is 9.59 Å². The van der Waals surface area contributed by atoms with Crippen LogP contribution in [0.4, 0.5) is 0 Å². The van der Waals surface area contributed by atoms with Gasteiger partial charge in [0.15, 0.2) is 0 Å². The molecule has 0 atom stereocenters. The number of H-pyrrole nitrogens is 1. The van der Waals surface area contributed by atoms with Gasteiger partial charge in [0.05, 0.1) is 5.56 Å². The van der Waals surface area contributed by atoms with Gasteiger partial charge in [0.1, 0.15) is 0 Å². The van der Waals surface area contributed by atoms with Gasteiger partial charge in [-0.3, -0.25) is 9.59 Å². The molecule has 1 saturated carbocycles. The van der Waals surface area contributed by atoms with Crippen molar-refractivity contribution >= 4 is 16.8 Å². The predicted octanol–water partition coefficient (Wildman–Crippen LogP) is 3.38. The number of hydrogen-bond donors (Lipinski definition) is 2. The average molecular weight is 332 g/mol. The molecular weight excluding hydrogens is 312 g/mol. The fourth-order valence-electron chi connectivity index (χ4n) is 3.70. The molecule has 1 amide bonds. The van der Waals surface area contributed by atoms with E-state index in [4.69, 9.17) is 0 Å². The summed E-state index contributed by atoms with van der Waals surface area (Å²) in [5.41, 5.74) is 2.15. The Hall–Kier alpha value is -2.88. The van der Waals surface area contributed by atoms with Crippen LogP contribution in [0, 0.1) is 0 Å². The maximum Gasteiger partial charge on any atom is 0.252 e. The molecule has 25 heavy (non-hydrogen) atoms. The van der Waals surface area contributed by atoms with Gasteiger partial charge >= 0.3 is 0 Å². The normalized spacial score (nSPS) is 15.5. The van der Waals surface area contributed by atoms with Crippen LogP contribution in [0.2, 0.25) is 0 Å². The Morgan fingerprint density at radius 1 is 1.04 bits per heavy atom. The Morgan fingerprint density at radius 2 is 1.76 bits per heavy atom. The zero-order valence-electron chi connectivity index (χ0n) is 13.9. The van der Waals surface area contributed by atoms with Gasteiger partial charge in [0.2, 0.25) is 5.56 Å². The van der Waals surface area contributed by atoms with Crippen molar-refractivity contribution in [2.45, 2.75) is 24.7 Å².